The lowest BCUT2D eigenvalue weighted by molar-refractivity contribution is -0.0705. The number of nitrogens with zero attached hydrogens (tertiary/aromatic N) is 2. The average molecular weight is 339 g/mol. The first-order valence-corrected chi connectivity index (χ1v) is 8.78. The quantitative estimate of drug-likeness (QED) is 0.876. The van der Waals surface area contributed by atoms with Crippen molar-refractivity contribution in [2.75, 3.05) is 13.1 Å². The van der Waals surface area contributed by atoms with Crippen molar-refractivity contribution in [2.45, 2.75) is 45.7 Å². The highest BCUT2D eigenvalue weighted by atomic mass is 16.5. The molecule has 0 radical (unpaired) electrons. The molecule has 0 bridgehead atoms. The first kappa shape index (κ1) is 17.7. The number of nitrogens with one attached hydrogen (secondary N) is 1. The molecule has 0 spiro atoms. The largest absolute Gasteiger partial charge is 0.449 e. The number of furan rings is 1. The van der Waals surface area contributed by atoms with Gasteiger partial charge >= 0.3 is 0 Å². The second-order valence-electron chi connectivity index (χ2n) is 6.70. The van der Waals surface area contributed by atoms with Crippen molar-refractivity contribution in [3.8, 4) is 6.07 Å². The summed E-state index contributed by atoms with van der Waals surface area (Å²) < 4.78 is 11.2. The van der Waals surface area contributed by atoms with Crippen molar-refractivity contribution < 1.29 is 9.15 Å². The van der Waals surface area contributed by atoms with E-state index in [1.807, 2.05) is 12.1 Å². The summed E-state index contributed by atoms with van der Waals surface area (Å²) >= 11 is 0. The Hall–Kier alpha value is -2.13. The Balaban J connectivity index is 1.58. The highest BCUT2D eigenvalue weighted by molar-refractivity contribution is 5.27. The number of hydrogen-bond acceptors (Lipinski definition) is 5. The smallest absolute Gasteiger partial charge is 0.203 e. The highest BCUT2D eigenvalue weighted by Gasteiger charge is 2.22. The Bertz CT molecular complexity index is 725. The molecule has 2 atom stereocenters. The lowest BCUT2D eigenvalue weighted by Crippen LogP contribution is -2.45. The molecule has 5 nitrogen and oxygen atoms in total. The molecule has 1 N–H and O–H groups in total. The number of benzene rings is 1. The van der Waals surface area contributed by atoms with Gasteiger partial charge in [0.25, 0.3) is 0 Å². The fourth-order valence-electron chi connectivity index (χ4n) is 3.39. The molecule has 0 saturated carbocycles. The molecule has 0 aliphatic carbocycles. The zero-order chi connectivity index (χ0) is 17.6. The summed E-state index contributed by atoms with van der Waals surface area (Å²) in [5.41, 5.74) is 2.63. The summed E-state index contributed by atoms with van der Waals surface area (Å²) in [4.78, 5) is 2.46. The maximum absolute atomic E-state index is 8.81. The Morgan fingerprint density at radius 1 is 1.08 bits per heavy atom. The van der Waals surface area contributed by atoms with Crippen LogP contribution in [0.15, 0.2) is 40.8 Å². The van der Waals surface area contributed by atoms with Crippen LogP contribution in [0.1, 0.15) is 36.5 Å². The van der Waals surface area contributed by atoms with Crippen molar-refractivity contribution in [3.05, 3.63) is 59.0 Å². The number of hydrogen-bond donors (Lipinski definition) is 1. The summed E-state index contributed by atoms with van der Waals surface area (Å²) in [5, 5.41) is 12.2. The summed E-state index contributed by atoms with van der Waals surface area (Å²) in [5.74, 6) is 1.14. The van der Waals surface area contributed by atoms with Gasteiger partial charge in [-0.1, -0.05) is 24.3 Å². The van der Waals surface area contributed by atoms with E-state index in [2.05, 4.69) is 48.3 Å². The second kappa shape index (κ2) is 8.30. The second-order valence-corrected chi connectivity index (χ2v) is 6.70. The minimum absolute atomic E-state index is 0.280. The third-order valence-corrected chi connectivity index (χ3v) is 4.39. The fraction of sp³-hybridized carbons (Fsp3) is 0.450. The maximum Gasteiger partial charge on any atom is 0.203 e. The van der Waals surface area contributed by atoms with E-state index < -0.39 is 0 Å². The Labute approximate surface area is 149 Å². The van der Waals surface area contributed by atoms with E-state index in [1.54, 1.807) is 6.07 Å². The van der Waals surface area contributed by atoms with Crippen LogP contribution in [0.25, 0.3) is 0 Å². The summed E-state index contributed by atoms with van der Waals surface area (Å²) in [6, 6.07) is 14.1. The molecule has 25 heavy (non-hydrogen) atoms. The van der Waals surface area contributed by atoms with Crippen LogP contribution in [0.3, 0.4) is 0 Å². The summed E-state index contributed by atoms with van der Waals surface area (Å²) in [7, 11) is 0. The average Bonchev–Trinajstić information content (AvgIpc) is 3.03. The molecular weight excluding hydrogens is 314 g/mol. The van der Waals surface area contributed by atoms with E-state index in [0.29, 0.717) is 12.3 Å². The number of ether oxygens (including phenoxy) is 1. The van der Waals surface area contributed by atoms with E-state index in [9.17, 15) is 0 Å². The normalized spacial score (nSPS) is 21.2. The van der Waals surface area contributed by atoms with Crippen molar-refractivity contribution in [1.29, 1.82) is 5.26 Å². The number of morpholine rings is 1. The molecule has 2 aromatic rings. The maximum atomic E-state index is 8.81. The predicted octanol–water partition coefficient (Wildman–Crippen LogP) is 3.05. The molecule has 1 aromatic heterocycles. The van der Waals surface area contributed by atoms with E-state index in [1.165, 1.54) is 11.1 Å². The van der Waals surface area contributed by atoms with Gasteiger partial charge < -0.3 is 14.5 Å². The van der Waals surface area contributed by atoms with Crippen molar-refractivity contribution >= 4 is 0 Å². The fourth-order valence-corrected chi connectivity index (χ4v) is 3.39. The monoisotopic (exact) mass is 339 g/mol. The molecule has 1 fully saturated rings. The Morgan fingerprint density at radius 2 is 1.80 bits per heavy atom. The molecule has 1 saturated heterocycles. The van der Waals surface area contributed by atoms with Gasteiger partial charge in [0.15, 0.2) is 0 Å². The van der Waals surface area contributed by atoms with Crippen LogP contribution >= 0.6 is 0 Å². The van der Waals surface area contributed by atoms with Crippen LogP contribution in [-0.4, -0.2) is 30.2 Å². The predicted molar refractivity (Wildman–Crippen MR) is 95.7 cm³/mol. The van der Waals surface area contributed by atoms with Gasteiger partial charge in [0.2, 0.25) is 5.76 Å². The Kier molecular flexibility index (Phi) is 5.87. The van der Waals surface area contributed by atoms with Gasteiger partial charge in [-0.2, -0.15) is 5.26 Å². The minimum atomic E-state index is 0.280. The molecule has 0 amide bonds. The first-order valence-electron chi connectivity index (χ1n) is 8.78. The van der Waals surface area contributed by atoms with Gasteiger partial charge in [0.05, 0.1) is 18.8 Å². The van der Waals surface area contributed by atoms with E-state index in [-0.39, 0.29) is 12.2 Å². The molecule has 132 valence electrons. The molecule has 3 rings (SSSR count). The van der Waals surface area contributed by atoms with E-state index in [0.717, 1.165) is 31.9 Å². The molecule has 2 heterocycles. The van der Waals surface area contributed by atoms with Crippen LogP contribution in [0, 0.1) is 11.3 Å². The number of rotatable bonds is 6. The van der Waals surface area contributed by atoms with Gasteiger partial charge in [-0.15, -0.1) is 0 Å². The van der Waals surface area contributed by atoms with Crippen LogP contribution < -0.4 is 5.32 Å². The SMILES string of the molecule is C[C@@H]1CN(Cc2ccccc2CNCc2ccc(C#N)o2)C[C@@H](C)O1. The highest BCUT2D eigenvalue weighted by Crippen LogP contribution is 2.17. The van der Waals surface area contributed by atoms with Gasteiger partial charge in [-0.05, 0) is 37.1 Å². The lowest BCUT2D eigenvalue weighted by atomic mass is 10.1. The van der Waals surface area contributed by atoms with Crippen LogP contribution in [0.4, 0.5) is 0 Å². The molecule has 1 aromatic carbocycles. The van der Waals surface area contributed by atoms with Crippen LogP contribution in [-0.2, 0) is 24.4 Å². The molecular formula is C20H25N3O2. The zero-order valence-corrected chi connectivity index (χ0v) is 14.9. The first-order chi connectivity index (χ1) is 12.1. The topological polar surface area (TPSA) is 61.4 Å². The molecule has 0 unspecified atom stereocenters. The number of nitriles is 1. The van der Waals surface area contributed by atoms with Gasteiger partial charge in [0, 0.05) is 26.2 Å². The third kappa shape index (κ3) is 4.93. The van der Waals surface area contributed by atoms with Gasteiger partial charge in [-0.25, -0.2) is 0 Å². The molecule has 5 heteroatoms. The van der Waals surface area contributed by atoms with Crippen LogP contribution in [0.2, 0.25) is 0 Å². The van der Waals surface area contributed by atoms with E-state index in [4.69, 9.17) is 14.4 Å². The van der Waals surface area contributed by atoms with Crippen LogP contribution in [0.5, 0.6) is 0 Å². The lowest BCUT2D eigenvalue weighted by Gasteiger charge is -2.35. The van der Waals surface area contributed by atoms with Crippen molar-refractivity contribution in [2.24, 2.45) is 0 Å². The summed E-state index contributed by atoms with van der Waals surface area (Å²) in [6.45, 7) is 8.53. The molecule has 1 aliphatic rings. The molecule has 1 aliphatic heterocycles. The van der Waals surface area contributed by atoms with E-state index >= 15 is 0 Å². The van der Waals surface area contributed by atoms with Gasteiger partial charge in [0.1, 0.15) is 11.8 Å². The van der Waals surface area contributed by atoms with Crippen molar-refractivity contribution in [3.63, 3.8) is 0 Å². The minimum Gasteiger partial charge on any atom is -0.449 e. The Morgan fingerprint density at radius 3 is 2.48 bits per heavy atom. The zero-order valence-electron chi connectivity index (χ0n) is 14.9. The standard InChI is InChI=1S/C20H25N3O2/c1-15-12-23(13-16(2)24-15)14-18-6-4-3-5-17(18)10-22-11-20-8-7-19(9-21)25-20/h3-8,15-16,22H,10-14H2,1-2H3/t15-,16-/m1/s1. The van der Waals surface area contributed by atoms with Crippen molar-refractivity contribution in [1.82, 2.24) is 10.2 Å². The third-order valence-electron chi connectivity index (χ3n) is 4.39. The summed E-state index contributed by atoms with van der Waals surface area (Å²) in [6.07, 6.45) is 0.560. The van der Waals surface area contributed by atoms with Gasteiger partial charge in [-0.3, -0.25) is 4.90 Å².